The molecule has 0 bridgehead atoms. The van der Waals surface area contributed by atoms with Gasteiger partial charge in [0.1, 0.15) is 5.82 Å². The van der Waals surface area contributed by atoms with Crippen LogP contribution in [0.15, 0.2) is 23.4 Å². The van der Waals surface area contributed by atoms with E-state index in [0.717, 1.165) is 11.3 Å². The summed E-state index contributed by atoms with van der Waals surface area (Å²) < 4.78 is 30.8. The van der Waals surface area contributed by atoms with E-state index in [1.165, 1.54) is 17.8 Å². The Morgan fingerprint density at radius 3 is 2.44 bits per heavy atom. The summed E-state index contributed by atoms with van der Waals surface area (Å²) in [5.74, 6) is 0.242. The van der Waals surface area contributed by atoms with Gasteiger partial charge in [0.2, 0.25) is 5.88 Å². The first-order valence-electron chi connectivity index (χ1n) is 8.29. The van der Waals surface area contributed by atoms with Crippen molar-refractivity contribution in [2.75, 3.05) is 13.2 Å². The summed E-state index contributed by atoms with van der Waals surface area (Å²) in [6, 6.07) is 4.59. The summed E-state index contributed by atoms with van der Waals surface area (Å²) in [6.45, 7) is 5.11. The van der Waals surface area contributed by atoms with Gasteiger partial charge in [-0.3, -0.25) is 9.05 Å². The lowest BCUT2D eigenvalue weighted by molar-refractivity contribution is 0.215. The van der Waals surface area contributed by atoms with Crippen molar-refractivity contribution in [3.63, 3.8) is 0 Å². The molecule has 10 heteroatoms. The van der Waals surface area contributed by atoms with E-state index in [4.69, 9.17) is 37.0 Å². The molecule has 2 aromatic rings. The summed E-state index contributed by atoms with van der Waals surface area (Å²) in [4.78, 5) is 8.86. The van der Waals surface area contributed by atoms with Gasteiger partial charge in [-0.25, -0.2) is 9.37 Å². The fourth-order valence-corrected chi connectivity index (χ4v) is 5.32. The molecule has 0 spiro atoms. The molecule has 0 amide bonds. The molecule has 1 aromatic heterocycles. The Hall–Kier alpha value is -0.760. The lowest BCUT2D eigenvalue weighted by Gasteiger charge is -2.21. The number of thioether (sulfide) groups is 1. The normalized spacial score (nSPS) is 11.6. The largest absolute Gasteiger partial charge is 0.405 e. The third-order valence-electron chi connectivity index (χ3n) is 3.50. The zero-order valence-electron chi connectivity index (χ0n) is 15.5. The van der Waals surface area contributed by atoms with Crippen LogP contribution in [0, 0.1) is 19.7 Å². The van der Waals surface area contributed by atoms with Gasteiger partial charge in [0, 0.05) is 39.4 Å². The molecule has 0 atom stereocenters. The summed E-state index contributed by atoms with van der Waals surface area (Å²) in [5, 5.41) is 0.799. The summed E-state index contributed by atoms with van der Waals surface area (Å²) in [7, 11) is 0. The topological polar surface area (TPSA) is 53.5 Å². The molecule has 0 aliphatic heterocycles. The molecule has 0 N–H and O–H groups in total. The maximum absolute atomic E-state index is 14.0. The first-order chi connectivity index (χ1) is 12.8. The quantitative estimate of drug-likeness (QED) is 0.269. The third-order valence-corrected chi connectivity index (χ3v) is 7.13. The first-order valence-corrected chi connectivity index (χ1v) is 12.2. The number of benzene rings is 1. The average Bonchev–Trinajstić information content (AvgIpc) is 2.59. The standard InChI is InChI=1S/C17H21ClFN2O3PS2/c1-5-22-25(26,23-6-2)24-16-11(3)12(4)20-17(21-16)27-10-13-14(18)8-7-9-15(13)19/h7-9H,5-6,10H2,1-4H3. The van der Waals surface area contributed by atoms with Crippen LogP contribution < -0.4 is 4.52 Å². The van der Waals surface area contributed by atoms with Crippen molar-refractivity contribution in [2.24, 2.45) is 0 Å². The van der Waals surface area contributed by atoms with Gasteiger partial charge >= 0.3 is 6.72 Å². The minimum atomic E-state index is -2.95. The van der Waals surface area contributed by atoms with Crippen molar-refractivity contribution in [2.45, 2.75) is 38.6 Å². The van der Waals surface area contributed by atoms with Gasteiger partial charge in [-0.2, -0.15) is 4.98 Å². The van der Waals surface area contributed by atoms with Crippen LogP contribution >= 0.6 is 30.1 Å². The molecule has 0 radical (unpaired) electrons. The van der Waals surface area contributed by atoms with Crippen molar-refractivity contribution in [3.8, 4) is 5.88 Å². The van der Waals surface area contributed by atoms with Crippen LogP contribution in [0.4, 0.5) is 4.39 Å². The molecule has 27 heavy (non-hydrogen) atoms. The van der Waals surface area contributed by atoms with E-state index in [9.17, 15) is 4.39 Å². The predicted octanol–water partition coefficient (Wildman–Crippen LogP) is 5.85. The number of rotatable bonds is 9. The van der Waals surface area contributed by atoms with E-state index in [0.29, 0.717) is 40.6 Å². The highest BCUT2D eigenvalue weighted by molar-refractivity contribution is 8.07. The van der Waals surface area contributed by atoms with Gasteiger partial charge in [0.25, 0.3) is 0 Å². The van der Waals surface area contributed by atoms with E-state index in [1.807, 2.05) is 27.7 Å². The maximum Gasteiger partial charge on any atom is 0.381 e. The van der Waals surface area contributed by atoms with Crippen molar-refractivity contribution in [1.29, 1.82) is 0 Å². The molecular weight excluding hydrogens is 430 g/mol. The van der Waals surface area contributed by atoms with Gasteiger partial charge in [-0.15, -0.1) is 0 Å². The Bertz CT molecular complexity index is 827. The monoisotopic (exact) mass is 450 g/mol. The van der Waals surface area contributed by atoms with Crippen LogP contribution in [0.5, 0.6) is 5.88 Å². The molecular formula is C17H21ClFN2O3PS2. The fourth-order valence-electron chi connectivity index (χ4n) is 2.05. The summed E-state index contributed by atoms with van der Waals surface area (Å²) in [6.07, 6.45) is 0. The van der Waals surface area contributed by atoms with Gasteiger partial charge in [-0.05, 0) is 39.8 Å². The van der Waals surface area contributed by atoms with Crippen molar-refractivity contribution in [1.82, 2.24) is 9.97 Å². The Kier molecular flexibility index (Phi) is 8.46. The smallest absolute Gasteiger partial charge is 0.381 e. The van der Waals surface area contributed by atoms with Gasteiger partial charge in [0.15, 0.2) is 5.16 Å². The zero-order chi connectivity index (χ0) is 20.0. The number of nitrogens with zero attached hydrogens (tertiary/aromatic N) is 2. The lowest BCUT2D eigenvalue weighted by Crippen LogP contribution is -2.06. The van der Waals surface area contributed by atoms with Crippen LogP contribution in [0.3, 0.4) is 0 Å². The van der Waals surface area contributed by atoms with E-state index < -0.39 is 6.72 Å². The SMILES string of the molecule is CCOP(=S)(OCC)Oc1nc(SCc2c(F)cccc2Cl)nc(C)c1C. The highest BCUT2D eigenvalue weighted by Crippen LogP contribution is 2.50. The predicted molar refractivity (Wildman–Crippen MR) is 111 cm³/mol. The number of halogens is 2. The van der Waals surface area contributed by atoms with E-state index in [-0.39, 0.29) is 5.82 Å². The maximum atomic E-state index is 14.0. The Balaban J connectivity index is 2.26. The zero-order valence-corrected chi connectivity index (χ0v) is 18.8. The molecule has 0 saturated heterocycles. The highest BCUT2D eigenvalue weighted by atomic mass is 35.5. The fraction of sp³-hybridized carbons (Fsp3) is 0.412. The van der Waals surface area contributed by atoms with Crippen LogP contribution in [-0.2, 0) is 26.6 Å². The summed E-state index contributed by atoms with van der Waals surface area (Å²) in [5.41, 5.74) is 1.88. The lowest BCUT2D eigenvalue weighted by atomic mass is 10.2. The number of hydrogen-bond donors (Lipinski definition) is 0. The molecule has 0 unspecified atom stereocenters. The van der Waals surface area contributed by atoms with Crippen molar-refractivity contribution in [3.05, 3.63) is 45.9 Å². The number of aromatic nitrogens is 2. The minimum absolute atomic E-state index is 0.290. The van der Waals surface area contributed by atoms with Crippen LogP contribution in [0.25, 0.3) is 0 Å². The molecule has 1 heterocycles. The van der Waals surface area contributed by atoms with Crippen molar-refractivity contribution < 1.29 is 18.0 Å². The molecule has 148 valence electrons. The second-order valence-electron chi connectivity index (χ2n) is 5.38. The molecule has 2 rings (SSSR count). The van der Waals surface area contributed by atoms with E-state index >= 15 is 0 Å². The van der Waals surface area contributed by atoms with Crippen LogP contribution in [0.2, 0.25) is 5.02 Å². The van der Waals surface area contributed by atoms with E-state index in [2.05, 4.69) is 9.97 Å². The highest BCUT2D eigenvalue weighted by Gasteiger charge is 2.24. The Morgan fingerprint density at radius 1 is 1.19 bits per heavy atom. The minimum Gasteiger partial charge on any atom is -0.405 e. The molecule has 0 fully saturated rings. The third kappa shape index (κ3) is 6.11. The van der Waals surface area contributed by atoms with Gasteiger partial charge < -0.3 is 4.52 Å². The van der Waals surface area contributed by atoms with Crippen LogP contribution in [-0.4, -0.2) is 23.2 Å². The average molecular weight is 451 g/mol. The van der Waals surface area contributed by atoms with E-state index in [1.54, 1.807) is 12.1 Å². The number of hydrogen-bond acceptors (Lipinski definition) is 7. The first kappa shape index (κ1) is 22.5. The van der Waals surface area contributed by atoms with Gasteiger partial charge in [0.05, 0.1) is 13.2 Å². The Morgan fingerprint density at radius 2 is 1.85 bits per heavy atom. The molecule has 1 aromatic carbocycles. The summed E-state index contributed by atoms with van der Waals surface area (Å²) >= 11 is 12.8. The molecule has 5 nitrogen and oxygen atoms in total. The van der Waals surface area contributed by atoms with Crippen LogP contribution in [0.1, 0.15) is 30.7 Å². The molecule has 0 saturated carbocycles. The van der Waals surface area contributed by atoms with Gasteiger partial charge in [-0.1, -0.05) is 29.4 Å². The molecule has 0 aliphatic carbocycles. The second kappa shape index (κ2) is 10.1. The van der Waals surface area contributed by atoms with Crippen molar-refractivity contribution >= 4 is 41.9 Å². The Labute approximate surface area is 173 Å². The molecule has 0 aliphatic rings. The number of aryl methyl sites for hydroxylation is 1. The second-order valence-corrected chi connectivity index (χ2v) is 9.67.